The molecule has 0 unspecified atom stereocenters. The maximum atomic E-state index is 11.5. The summed E-state index contributed by atoms with van der Waals surface area (Å²) >= 11 is 1.32. The number of nitrogens with one attached hydrogen (secondary N) is 1. The molecule has 17 heavy (non-hydrogen) atoms. The fraction of sp³-hybridized carbons (Fsp3) is 0.545. The molecule has 5 nitrogen and oxygen atoms in total. The lowest BCUT2D eigenvalue weighted by Gasteiger charge is -2.03. The van der Waals surface area contributed by atoms with Crippen LogP contribution < -0.4 is 5.32 Å². The first-order valence-corrected chi connectivity index (χ1v) is 6.35. The Bertz CT molecular complexity index is 413. The van der Waals surface area contributed by atoms with E-state index in [0.717, 1.165) is 6.42 Å². The molecular formula is C11H17N3O2S. The number of thiazole rings is 1. The molecule has 0 bridgehead atoms. The number of rotatable bonds is 5. The summed E-state index contributed by atoms with van der Waals surface area (Å²) in [5.74, 6) is 0.481. The molecule has 6 heteroatoms. The summed E-state index contributed by atoms with van der Waals surface area (Å²) in [5, 5.41) is 16.7. The maximum absolute atomic E-state index is 11.5. The third-order valence-corrected chi connectivity index (χ3v) is 2.98. The first-order valence-electron chi connectivity index (χ1n) is 5.47. The number of nitrogens with zero attached hydrogens (tertiary/aromatic N) is 2. The zero-order valence-corrected chi connectivity index (χ0v) is 11.0. The van der Waals surface area contributed by atoms with Crippen LogP contribution in [0.15, 0.2) is 10.5 Å². The number of hydrogen-bond acceptors (Lipinski definition) is 5. The molecule has 1 amide bonds. The fourth-order valence-corrected chi connectivity index (χ4v) is 1.92. The molecular weight excluding hydrogens is 238 g/mol. The van der Waals surface area contributed by atoms with Gasteiger partial charge in [0.15, 0.2) is 5.13 Å². The van der Waals surface area contributed by atoms with Gasteiger partial charge in [0, 0.05) is 11.8 Å². The summed E-state index contributed by atoms with van der Waals surface area (Å²) in [7, 11) is 0. The number of carbonyl (C=O) groups is 1. The van der Waals surface area contributed by atoms with Crippen molar-refractivity contribution >= 4 is 28.1 Å². The summed E-state index contributed by atoms with van der Waals surface area (Å²) in [4.78, 5) is 15.7. The number of hydrogen-bond donors (Lipinski definition) is 2. The van der Waals surface area contributed by atoms with Crippen LogP contribution in [0.25, 0.3) is 0 Å². The van der Waals surface area contributed by atoms with E-state index in [9.17, 15) is 4.79 Å². The molecule has 2 N–H and O–H groups in total. The van der Waals surface area contributed by atoms with Gasteiger partial charge in [0.1, 0.15) is 11.4 Å². The van der Waals surface area contributed by atoms with Gasteiger partial charge in [-0.15, -0.1) is 11.3 Å². The number of carbonyl (C=O) groups excluding carboxylic acids is 1. The molecule has 0 saturated heterocycles. The second kappa shape index (κ2) is 6.34. The van der Waals surface area contributed by atoms with Crippen LogP contribution in [-0.2, 0) is 4.79 Å². The molecule has 0 aromatic carbocycles. The Kier molecular flexibility index (Phi) is 5.09. The second-order valence-electron chi connectivity index (χ2n) is 4.20. The van der Waals surface area contributed by atoms with Crippen LogP contribution in [0.1, 0.15) is 39.3 Å². The quantitative estimate of drug-likeness (QED) is 0.482. The monoisotopic (exact) mass is 255 g/mol. The van der Waals surface area contributed by atoms with Gasteiger partial charge in [0.2, 0.25) is 5.91 Å². The topological polar surface area (TPSA) is 74.6 Å². The molecule has 0 atom stereocenters. The van der Waals surface area contributed by atoms with Gasteiger partial charge in [0.25, 0.3) is 0 Å². The van der Waals surface area contributed by atoms with Crippen molar-refractivity contribution in [2.45, 2.75) is 33.6 Å². The van der Waals surface area contributed by atoms with E-state index in [-0.39, 0.29) is 5.91 Å². The van der Waals surface area contributed by atoms with Crippen molar-refractivity contribution in [2.75, 3.05) is 5.32 Å². The van der Waals surface area contributed by atoms with Gasteiger partial charge >= 0.3 is 0 Å². The Hall–Kier alpha value is -1.43. The first kappa shape index (κ1) is 13.6. The van der Waals surface area contributed by atoms with Crippen LogP contribution in [-0.4, -0.2) is 21.8 Å². The van der Waals surface area contributed by atoms with Gasteiger partial charge < -0.3 is 10.5 Å². The van der Waals surface area contributed by atoms with Crippen molar-refractivity contribution in [1.29, 1.82) is 0 Å². The summed E-state index contributed by atoms with van der Waals surface area (Å²) in [5.41, 5.74) is 1.01. The van der Waals surface area contributed by atoms with Crippen molar-refractivity contribution in [3.8, 4) is 0 Å². The van der Waals surface area contributed by atoms with Crippen LogP contribution in [0.3, 0.4) is 0 Å². The van der Waals surface area contributed by atoms with E-state index in [4.69, 9.17) is 5.21 Å². The van der Waals surface area contributed by atoms with Crippen LogP contribution in [0.5, 0.6) is 0 Å². The minimum Gasteiger partial charge on any atom is -0.411 e. The van der Waals surface area contributed by atoms with Gasteiger partial charge in [-0.2, -0.15) is 0 Å². The second-order valence-corrected chi connectivity index (χ2v) is 5.06. The zero-order valence-electron chi connectivity index (χ0n) is 10.2. The van der Waals surface area contributed by atoms with E-state index >= 15 is 0 Å². The van der Waals surface area contributed by atoms with Crippen LogP contribution in [0, 0.1) is 5.92 Å². The fourth-order valence-electron chi connectivity index (χ4n) is 1.15. The van der Waals surface area contributed by atoms with E-state index in [1.54, 1.807) is 12.3 Å². The van der Waals surface area contributed by atoms with Crippen molar-refractivity contribution in [2.24, 2.45) is 11.1 Å². The smallest absolute Gasteiger partial charge is 0.226 e. The Morgan fingerprint density at radius 1 is 1.65 bits per heavy atom. The molecule has 0 aliphatic heterocycles. The summed E-state index contributed by atoms with van der Waals surface area (Å²) < 4.78 is 0. The standard InChI is InChI=1S/C11H17N3O2S/c1-7(2)4-5-10(15)13-11-12-9(6-17-11)8(3)14-16/h6-7,16H,4-5H2,1-3H3,(H,12,13,15). The lowest BCUT2D eigenvalue weighted by molar-refractivity contribution is -0.116. The Morgan fingerprint density at radius 3 is 2.94 bits per heavy atom. The molecule has 0 fully saturated rings. The number of anilines is 1. The predicted octanol–water partition coefficient (Wildman–Crippen LogP) is 2.72. The third kappa shape index (κ3) is 4.52. The van der Waals surface area contributed by atoms with E-state index in [2.05, 4.69) is 29.3 Å². The summed E-state index contributed by atoms with van der Waals surface area (Å²) in [6, 6.07) is 0. The van der Waals surface area contributed by atoms with Crippen molar-refractivity contribution in [1.82, 2.24) is 4.98 Å². The van der Waals surface area contributed by atoms with Crippen molar-refractivity contribution in [3.63, 3.8) is 0 Å². The lowest BCUT2D eigenvalue weighted by atomic mass is 10.1. The summed E-state index contributed by atoms with van der Waals surface area (Å²) in [6.07, 6.45) is 1.36. The summed E-state index contributed by atoms with van der Waals surface area (Å²) in [6.45, 7) is 5.81. The molecule has 94 valence electrons. The van der Waals surface area contributed by atoms with Crippen LogP contribution >= 0.6 is 11.3 Å². The lowest BCUT2D eigenvalue weighted by Crippen LogP contribution is -2.12. The van der Waals surface area contributed by atoms with Crippen molar-refractivity contribution in [3.05, 3.63) is 11.1 Å². The highest BCUT2D eigenvalue weighted by atomic mass is 32.1. The highest BCUT2D eigenvalue weighted by Crippen LogP contribution is 2.16. The molecule has 0 radical (unpaired) electrons. The van der Waals surface area contributed by atoms with Crippen LogP contribution in [0.4, 0.5) is 5.13 Å². The first-order chi connectivity index (χ1) is 8.02. The van der Waals surface area contributed by atoms with Crippen molar-refractivity contribution < 1.29 is 10.0 Å². The zero-order chi connectivity index (χ0) is 12.8. The minimum absolute atomic E-state index is 0.0295. The van der Waals surface area contributed by atoms with E-state index in [1.165, 1.54) is 11.3 Å². The molecule has 1 heterocycles. The highest BCUT2D eigenvalue weighted by molar-refractivity contribution is 7.14. The average Bonchev–Trinajstić information content (AvgIpc) is 2.73. The Labute approximate surface area is 105 Å². The number of oxime groups is 1. The average molecular weight is 255 g/mol. The SMILES string of the molecule is CC(=NO)c1csc(NC(=O)CCC(C)C)n1. The van der Waals surface area contributed by atoms with E-state index < -0.39 is 0 Å². The highest BCUT2D eigenvalue weighted by Gasteiger charge is 2.09. The number of amides is 1. The van der Waals surface area contributed by atoms with Gasteiger partial charge in [-0.25, -0.2) is 4.98 Å². The largest absolute Gasteiger partial charge is 0.411 e. The third-order valence-electron chi connectivity index (χ3n) is 2.22. The molecule has 0 spiro atoms. The predicted molar refractivity (Wildman–Crippen MR) is 68.8 cm³/mol. The van der Waals surface area contributed by atoms with Gasteiger partial charge in [-0.3, -0.25) is 4.79 Å². The molecule has 0 saturated carbocycles. The minimum atomic E-state index is -0.0295. The Morgan fingerprint density at radius 2 is 2.35 bits per heavy atom. The van der Waals surface area contributed by atoms with Gasteiger partial charge in [-0.05, 0) is 19.3 Å². The van der Waals surface area contributed by atoms with Gasteiger partial charge in [-0.1, -0.05) is 19.0 Å². The Balaban J connectivity index is 2.52. The molecule has 1 aromatic rings. The van der Waals surface area contributed by atoms with E-state index in [0.29, 0.717) is 28.9 Å². The maximum Gasteiger partial charge on any atom is 0.226 e. The molecule has 1 rings (SSSR count). The number of aromatic nitrogens is 1. The molecule has 1 aromatic heterocycles. The molecule has 0 aliphatic rings. The molecule has 0 aliphatic carbocycles. The van der Waals surface area contributed by atoms with Crippen LogP contribution in [0.2, 0.25) is 0 Å². The van der Waals surface area contributed by atoms with E-state index in [1.807, 2.05) is 0 Å². The normalized spacial score (nSPS) is 11.9. The van der Waals surface area contributed by atoms with Gasteiger partial charge in [0.05, 0.1) is 0 Å².